The van der Waals surface area contributed by atoms with Crippen molar-refractivity contribution >= 4 is 27.5 Å². The van der Waals surface area contributed by atoms with Crippen LogP contribution >= 0.6 is 11.3 Å². The van der Waals surface area contributed by atoms with Gasteiger partial charge in [0.15, 0.2) is 0 Å². The van der Waals surface area contributed by atoms with Crippen molar-refractivity contribution in [3.05, 3.63) is 53.1 Å². The molecule has 118 valence electrons. The lowest BCUT2D eigenvalue weighted by atomic mass is 10.2. The molecule has 5 nitrogen and oxygen atoms in total. The Balaban J connectivity index is 1.90. The van der Waals surface area contributed by atoms with Crippen LogP contribution in [0.15, 0.2) is 47.5 Å². The zero-order chi connectivity index (χ0) is 16.2. The third-order valence-electron chi connectivity index (χ3n) is 3.44. The normalized spacial score (nSPS) is 10.8. The highest BCUT2D eigenvalue weighted by Gasteiger charge is 2.11. The molecule has 1 aromatic carbocycles. The van der Waals surface area contributed by atoms with Gasteiger partial charge >= 0.3 is 5.97 Å². The van der Waals surface area contributed by atoms with Crippen molar-refractivity contribution in [1.82, 2.24) is 9.55 Å². The first kappa shape index (κ1) is 15.4. The minimum atomic E-state index is -0.310. The number of ether oxygens (including phenoxy) is 1. The van der Waals surface area contributed by atoms with Crippen LogP contribution in [-0.2, 0) is 16.1 Å². The molecule has 2 heterocycles. The highest BCUT2D eigenvalue weighted by Crippen LogP contribution is 2.30. The second kappa shape index (κ2) is 6.75. The number of hydrogen-bond donors (Lipinski definition) is 0. The van der Waals surface area contributed by atoms with Gasteiger partial charge in [-0.1, -0.05) is 30.3 Å². The first-order valence-electron chi connectivity index (χ1n) is 7.39. The summed E-state index contributed by atoms with van der Waals surface area (Å²) in [4.78, 5) is 30.0. The van der Waals surface area contributed by atoms with E-state index in [1.54, 1.807) is 6.92 Å². The predicted octanol–water partition coefficient (Wildman–Crippen LogP) is 3.08. The van der Waals surface area contributed by atoms with Gasteiger partial charge in [0, 0.05) is 11.4 Å². The zero-order valence-corrected chi connectivity index (χ0v) is 13.5. The molecule has 0 fully saturated rings. The number of nitrogens with zero attached hydrogens (tertiary/aromatic N) is 2. The topological polar surface area (TPSA) is 61.2 Å². The number of aryl methyl sites for hydroxylation is 1. The lowest BCUT2D eigenvalue weighted by Crippen LogP contribution is -2.21. The van der Waals surface area contributed by atoms with Crippen LogP contribution in [0.1, 0.15) is 13.3 Å². The Morgan fingerprint density at radius 1 is 1.30 bits per heavy atom. The van der Waals surface area contributed by atoms with E-state index >= 15 is 0 Å². The maximum Gasteiger partial charge on any atom is 0.307 e. The van der Waals surface area contributed by atoms with E-state index in [1.807, 2.05) is 36.4 Å². The van der Waals surface area contributed by atoms with E-state index in [4.69, 9.17) is 4.74 Å². The molecule has 23 heavy (non-hydrogen) atoms. The first-order chi connectivity index (χ1) is 11.2. The maximum absolute atomic E-state index is 12.5. The summed E-state index contributed by atoms with van der Waals surface area (Å²) in [5.74, 6) is -0.310. The molecule has 0 aliphatic heterocycles. The highest BCUT2D eigenvalue weighted by molar-refractivity contribution is 7.21. The van der Waals surface area contributed by atoms with Gasteiger partial charge in [-0.2, -0.15) is 0 Å². The molecule has 3 aromatic rings. The first-order valence-corrected chi connectivity index (χ1v) is 8.20. The van der Waals surface area contributed by atoms with Gasteiger partial charge < -0.3 is 4.74 Å². The second-order valence-electron chi connectivity index (χ2n) is 4.99. The van der Waals surface area contributed by atoms with Crippen LogP contribution < -0.4 is 5.56 Å². The summed E-state index contributed by atoms with van der Waals surface area (Å²) in [5.41, 5.74) is 0.936. The average Bonchev–Trinajstić information content (AvgIpc) is 3.00. The van der Waals surface area contributed by atoms with Crippen molar-refractivity contribution in [2.24, 2.45) is 0 Å². The number of aromatic nitrogens is 2. The summed E-state index contributed by atoms with van der Waals surface area (Å²) in [6, 6.07) is 11.8. The summed E-state index contributed by atoms with van der Waals surface area (Å²) in [5, 5.41) is 0.584. The minimum absolute atomic E-state index is 0.127. The van der Waals surface area contributed by atoms with Crippen molar-refractivity contribution in [3.8, 4) is 10.4 Å². The molecule has 0 bridgehead atoms. The van der Waals surface area contributed by atoms with E-state index in [0.29, 0.717) is 16.8 Å². The third-order valence-corrected chi connectivity index (χ3v) is 4.53. The molecule has 0 saturated carbocycles. The Bertz CT molecular complexity index is 884. The fourth-order valence-corrected chi connectivity index (χ4v) is 3.30. The zero-order valence-electron chi connectivity index (χ0n) is 12.7. The van der Waals surface area contributed by atoms with Crippen LogP contribution in [0.25, 0.3) is 20.7 Å². The average molecular weight is 328 g/mol. The Labute approximate surface area is 137 Å². The lowest BCUT2D eigenvalue weighted by molar-refractivity contribution is -0.143. The van der Waals surface area contributed by atoms with Gasteiger partial charge in [-0.05, 0) is 18.6 Å². The van der Waals surface area contributed by atoms with Gasteiger partial charge in [0.1, 0.15) is 4.83 Å². The predicted molar refractivity (Wildman–Crippen MR) is 90.6 cm³/mol. The molecule has 0 unspecified atom stereocenters. The van der Waals surface area contributed by atoms with Gasteiger partial charge in [-0.3, -0.25) is 14.2 Å². The number of thiophene rings is 1. The van der Waals surface area contributed by atoms with Crippen LogP contribution in [-0.4, -0.2) is 22.1 Å². The molecule has 0 radical (unpaired) electrons. The summed E-state index contributed by atoms with van der Waals surface area (Å²) in [6.45, 7) is 2.38. The fraction of sp³-hybridized carbons (Fsp3) is 0.235. The van der Waals surface area contributed by atoms with Crippen molar-refractivity contribution in [1.29, 1.82) is 0 Å². The summed E-state index contributed by atoms with van der Waals surface area (Å²) < 4.78 is 6.34. The van der Waals surface area contributed by atoms with Gasteiger partial charge in [0.05, 0.1) is 24.7 Å². The standard InChI is InChI=1S/C17H16N2O3S/c1-2-22-15(20)8-9-19-11-18-16-13(17(19)21)10-14(23-16)12-6-4-3-5-7-12/h3-7,10-11H,2,8-9H2,1H3. The minimum Gasteiger partial charge on any atom is -0.466 e. The molecule has 6 heteroatoms. The van der Waals surface area contributed by atoms with Crippen molar-refractivity contribution in [2.45, 2.75) is 19.9 Å². The number of hydrogen-bond acceptors (Lipinski definition) is 5. The summed E-state index contributed by atoms with van der Waals surface area (Å²) in [6.07, 6.45) is 1.66. The summed E-state index contributed by atoms with van der Waals surface area (Å²) in [7, 11) is 0. The maximum atomic E-state index is 12.5. The van der Waals surface area contributed by atoms with Crippen LogP contribution in [0.2, 0.25) is 0 Å². The van der Waals surface area contributed by atoms with Crippen molar-refractivity contribution in [3.63, 3.8) is 0 Å². The SMILES string of the molecule is CCOC(=O)CCn1cnc2sc(-c3ccccc3)cc2c1=O. The second-order valence-corrected chi connectivity index (χ2v) is 6.02. The molecule has 0 aliphatic carbocycles. The molecule has 2 aromatic heterocycles. The van der Waals surface area contributed by atoms with Crippen LogP contribution in [0.3, 0.4) is 0 Å². The third kappa shape index (κ3) is 3.32. The molecule has 3 rings (SSSR count). The molecule has 0 amide bonds. The number of carbonyl (C=O) groups is 1. The Morgan fingerprint density at radius 3 is 2.83 bits per heavy atom. The highest BCUT2D eigenvalue weighted by atomic mass is 32.1. The molecule has 0 spiro atoms. The fourth-order valence-electron chi connectivity index (χ4n) is 2.31. The van der Waals surface area contributed by atoms with E-state index in [-0.39, 0.29) is 24.5 Å². The van der Waals surface area contributed by atoms with Crippen LogP contribution in [0.4, 0.5) is 0 Å². The Hall–Kier alpha value is -2.47. The number of rotatable bonds is 5. The molecular formula is C17H16N2O3S. The van der Waals surface area contributed by atoms with E-state index in [2.05, 4.69) is 4.98 Å². The molecule has 0 saturated heterocycles. The molecule has 0 atom stereocenters. The number of fused-ring (bicyclic) bond motifs is 1. The van der Waals surface area contributed by atoms with E-state index in [1.165, 1.54) is 22.2 Å². The quantitative estimate of drug-likeness (QED) is 0.675. The van der Waals surface area contributed by atoms with Gasteiger partial charge in [-0.15, -0.1) is 11.3 Å². The lowest BCUT2D eigenvalue weighted by Gasteiger charge is -2.04. The smallest absolute Gasteiger partial charge is 0.307 e. The van der Waals surface area contributed by atoms with Crippen molar-refractivity contribution < 1.29 is 9.53 Å². The molecule has 0 N–H and O–H groups in total. The largest absolute Gasteiger partial charge is 0.466 e. The van der Waals surface area contributed by atoms with Crippen LogP contribution in [0.5, 0.6) is 0 Å². The molecule has 0 aliphatic rings. The monoisotopic (exact) mass is 328 g/mol. The van der Waals surface area contributed by atoms with E-state index in [9.17, 15) is 9.59 Å². The van der Waals surface area contributed by atoms with Gasteiger partial charge in [0.2, 0.25) is 0 Å². The number of benzene rings is 1. The van der Waals surface area contributed by atoms with Gasteiger partial charge in [0.25, 0.3) is 5.56 Å². The molecular weight excluding hydrogens is 312 g/mol. The van der Waals surface area contributed by atoms with Gasteiger partial charge in [-0.25, -0.2) is 4.98 Å². The van der Waals surface area contributed by atoms with E-state index in [0.717, 1.165) is 10.4 Å². The number of carbonyl (C=O) groups excluding carboxylic acids is 1. The van der Waals surface area contributed by atoms with E-state index < -0.39 is 0 Å². The van der Waals surface area contributed by atoms with Crippen molar-refractivity contribution in [2.75, 3.05) is 6.61 Å². The Morgan fingerprint density at radius 2 is 2.09 bits per heavy atom. The summed E-state index contributed by atoms with van der Waals surface area (Å²) >= 11 is 1.49. The number of esters is 1. The van der Waals surface area contributed by atoms with Crippen LogP contribution in [0, 0.1) is 0 Å². The Kier molecular flexibility index (Phi) is 4.52.